The van der Waals surface area contributed by atoms with Crippen LogP contribution in [0.25, 0.3) is 16.7 Å². The molecule has 0 aliphatic heterocycles. The van der Waals surface area contributed by atoms with E-state index in [-0.39, 0.29) is 11.8 Å². The van der Waals surface area contributed by atoms with E-state index in [1.165, 1.54) is 0 Å². The van der Waals surface area contributed by atoms with Crippen LogP contribution in [-0.4, -0.2) is 27.0 Å². The number of hydrogen-bond donors (Lipinski definition) is 2. The van der Waals surface area contributed by atoms with E-state index in [1.807, 2.05) is 14.0 Å². The normalized spacial score (nSPS) is 10.8. The molecule has 0 fully saturated rings. The third-order valence-corrected chi connectivity index (χ3v) is 3.70. The van der Waals surface area contributed by atoms with Crippen LogP contribution in [0.5, 0.6) is 0 Å². The maximum Gasteiger partial charge on any atom is 0.224 e. The summed E-state index contributed by atoms with van der Waals surface area (Å²) in [5, 5.41) is 0. The minimum Gasteiger partial charge on any atom is -0.382 e. The topological polar surface area (TPSA) is 107 Å². The molecule has 0 saturated heterocycles. The lowest BCUT2D eigenvalue weighted by molar-refractivity contribution is 0.882. The number of benzene rings is 1. The molecule has 0 radical (unpaired) electrons. The molecule has 24 heavy (non-hydrogen) atoms. The van der Waals surface area contributed by atoms with Gasteiger partial charge in [0.2, 0.25) is 5.95 Å². The maximum absolute atomic E-state index is 5.86. The van der Waals surface area contributed by atoms with Crippen molar-refractivity contribution >= 4 is 34.2 Å². The number of nitrogen functional groups attached to an aromatic ring is 2. The molecule has 0 aliphatic rings. The predicted octanol–water partition coefficient (Wildman–Crippen LogP) is 2.25. The van der Waals surface area contributed by atoms with E-state index in [2.05, 4.69) is 55.7 Å². The minimum absolute atomic E-state index is 0.0942. The molecule has 3 aromatic rings. The van der Waals surface area contributed by atoms with E-state index >= 15 is 0 Å². The van der Waals surface area contributed by atoms with Gasteiger partial charge in [0.15, 0.2) is 17.0 Å². The van der Waals surface area contributed by atoms with Gasteiger partial charge >= 0.3 is 0 Å². The largest absolute Gasteiger partial charge is 0.382 e. The van der Waals surface area contributed by atoms with Crippen molar-refractivity contribution in [3.63, 3.8) is 0 Å². The van der Waals surface area contributed by atoms with Gasteiger partial charge in [-0.1, -0.05) is 24.3 Å². The zero-order valence-corrected chi connectivity index (χ0v) is 13.7. The first-order chi connectivity index (χ1) is 11.4. The summed E-state index contributed by atoms with van der Waals surface area (Å²) in [6.45, 7) is 6.52. The highest BCUT2D eigenvalue weighted by atomic mass is 15.1. The van der Waals surface area contributed by atoms with Crippen LogP contribution in [0.15, 0.2) is 37.0 Å². The van der Waals surface area contributed by atoms with Gasteiger partial charge in [0, 0.05) is 12.7 Å². The summed E-state index contributed by atoms with van der Waals surface area (Å²) in [4.78, 5) is 18.8. The van der Waals surface area contributed by atoms with Crippen LogP contribution in [0.4, 0.5) is 17.5 Å². The Morgan fingerprint density at radius 2 is 1.83 bits per heavy atom. The van der Waals surface area contributed by atoms with Crippen LogP contribution < -0.4 is 16.4 Å². The Labute approximate surface area is 140 Å². The Bertz CT molecular complexity index is 903. The first-order valence-corrected chi connectivity index (χ1v) is 7.45. The molecule has 0 amide bonds. The summed E-state index contributed by atoms with van der Waals surface area (Å²) in [6.07, 6.45) is 1.67. The molecule has 0 bridgehead atoms. The van der Waals surface area contributed by atoms with Crippen molar-refractivity contribution in [2.45, 2.75) is 13.5 Å². The standard InChI is InChI=1S/C17H19N7/c1-10(2)11-4-6-13(7-5-11)24(3)9-12-8-20-16-14(21-12)15(18)22-17(19)23-16/h4-8H,1,9H2,2-3H3,(H4,18,19,20,22,23). The molecule has 1 aromatic carbocycles. The van der Waals surface area contributed by atoms with E-state index in [0.29, 0.717) is 17.7 Å². The Hall–Kier alpha value is -3.22. The zero-order chi connectivity index (χ0) is 17.3. The zero-order valence-electron chi connectivity index (χ0n) is 13.7. The average molecular weight is 321 g/mol. The molecule has 3 rings (SSSR count). The lowest BCUT2D eigenvalue weighted by Gasteiger charge is -2.19. The Morgan fingerprint density at radius 1 is 1.12 bits per heavy atom. The lowest BCUT2D eigenvalue weighted by atomic mass is 10.1. The molecular formula is C17H19N7. The highest BCUT2D eigenvalue weighted by Gasteiger charge is 2.09. The van der Waals surface area contributed by atoms with E-state index in [9.17, 15) is 0 Å². The third kappa shape index (κ3) is 3.10. The number of aromatic nitrogens is 4. The van der Waals surface area contributed by atoms with Gasteiger partial charge in [-0.15, -0.1) is 0 Å². The van der Waals surface area contributed by atoms with Gasteiger partial charge in [-0.05, 0) is 24.6 Å². The third-order valence-electron chi connectivity index (χ3n) is 3.70. The molecule has 0 aliphatic carbocycles. The first kappa shape index (κ1) is 15.7. The van der Waals surface area contributed by atoms with E-state index in [4.69, 9.17) is 11.5 Å². The average Bonchev–Trinajstić information content (AvgIpc) is 2.55. The highest BCUT2D eigenvalue weighted by molar-refractivity contribution is 5.81. The molecule has 7 heteroatoms. The van der Waals surface area contributed by atoms with Gasteiger partial charge in [-0.25, -0.2) is 9.97 Å². The molecule has 0 spiro atoms. The fourth-order valence-electron chi connectivity index (χ4n) is 2.39. The van der Waals surface area contributed by atoms with Crippen molar-refractivity contribution in [1.82, 2.24) is 19.9 Å². The molecular weight excluding hydrogens is 302 g/mol. The maximum atomic E-state index is 5.86. The number of nitrogens with zero attached hydrogens (tertiary/aromatic N) is 5. The second-order valence-corrected chi connectivity index (χ2v) is 5.68. The van der Waals surface area contributed by atoms with Gasteiger partial charge < -0.3 is 16.4 Å². The number of nitrogens with two attached hydrogens (primary N) is 2. The summed E-state index contributed by atoms with van der Waals surface area (Å²) >= 11 is 0. The van der Waals surface area contributed by atoms with Gasteiger partial charge in [-0.2, -0.15) is 9.97 Å². The van der Waals surface area contributed by atoms with Gasteiger partial charge in [0.1, 0.15) is 0 Å². The van der Waals surface area contributed by atoms with Crippen molar-refractivity contribution in [2.24, 2.45) is 0 Å². The van der Waals surface area contributed by atoms with Crippen molar-refractivity contribution in [2.75, 3.05) is 23.4 Å². The lowest BCUT2D eigenvalue weighted by Crippen LogP contribution is -2.17. The smallest absolute Gasteiger partial charge is 0.224 e. The number of hydrogen-bond acceptors (Lipinski definition) is 7. The minimum atomic E-state index is 0.0942. The summed E-state index contributed by atoms with van der Waals surface area (Å²) in [7, 11) is 1.99. The second-order valence-electron chi connectivity index (χ2n) is 5.68. The molecule has 0 unspecified atom stereocenters. The summed E-state index contributed by atoms with van der Waals surface area (Å²) in [5.41, 5.74) is 16.3. The van der Waals surface area contributed by atoms with Gasteiger partial charge in [0.05, 0.1) is 18.4 Å². The number of rotatable bonds is 4. The molecule has 122 valence electrons. The fourth-order valence-corrected chi connectivity index (χ4v) is 2.39. The Morgan fingerprint density at radius 3 is 2.50 bits per heavy atom. The SMILES string of the molecule is C=C(C)c1ccc(N(C)Cc2cnc3nc(N)nc(N)c3n2)cc1. The van der Waals surface area contributed by atoms with E-state index < -0.39 is 0 Å². The molecule has 7 nitrogen and oxygen atoms in total. The van der Waals surface area contributed by atoms with E-state index in [1.54, 1.807) is 6.20 Å². The number of anilines is 3. The number of fused-ring (bicyclic) bond motifs is 1. The molecule has 0 saturated carbocycles. The Kier molecular flexibility index (Phi) is 3.99. The highest BCUT2D eigenvalue weighted by Crippen LogP contribution is 2.20. The quantitative estimate of drug-likeness (QED) is 0.759. The monoisotopic (exact) mass is 321 g/mol. The Balaban J connectivity index is 1.84. The van der Waals surface area contributed by atoms with Crippen molar-refractivity contribution in [3.05, 3.63) is 48.3 Å². The van der Waals surface area contributed by atoms with Crippen molar-refractivity contribution in [3.8, 4) is 0 Å². The van der Waals surface area contributed by atoms with Crippen molar-refractivity contribution < 1.29 is 0 Å². The van der Waals surface area contributed by atoms with Gasteiger partial charge in [0.25, 0.3) is 0 Å². The summed E-state index contributed by atoms with van der Waals surface area (Å²) in [5.74, 6) is 0.331. The predicted molar refractivity (Wildman–Crippen MR) is 97.2 cm³/mol. The van der Waals surface area contributed by atoms with Crippen LogP contribution >= 0.6 is 0 Å². The molecule has 2 aromatic heterocycles. The van der Waals surface area contributed by atoms with Crippen molar-refractivity contribution in [1.29, 1.82) is 0 Å². The first-order valence-electron chi connectivity index (χ1n) is 7.45. The van der Waals surface area contributed by atoms with Crippen LogP contribution in [0.2, 0.25) is 0 Å². The second kappa shape index (κ2) is 6.11. The summed E-state index contributed by atoms with van der Waals surface area (Å²) in [6, 6.07) is 8.21. The van der Waals surface area contributed by atoms with Crippen LogP contribution in [0, 0.1) is 0 Å². The summed E-state index contributed by atoms with van der Waals surface area (Å²) < 4.78 is 0. The van der Waals surface area contributed by atoms with Crippen LogP contribution in [0.3, 0.4) is 0 Å². The molecule has 0 atom stereocenters. The van der Waals surface area contributed by atoms with Crippen LogP contribution in [-0.2, 0) is 6.54 Å². The molecule has 4 N–H and O–H groups in total. The van der Waals surface area contributed by atoms with E-state index in [0.717, 1.165) is 22.5 Å². The van der Waals surface area contributed by atoms with Gasteiger partial charge in [-0.3, -0.25) is 0 Å². The fraction of sp³-hybridized carbons (Fsp3) is 0.176. The van der Waals surface area contributed by atoms with Crippen LogP contribution in [0.1, 0.15) is 18.2 Å². The molecule has 2 heterocycles. The number of allylic oxidation sites excluding steroid dienone is 1.